The average molecular weight is 234 g/mol. The second-order valence-electron chi connectivity index (χ2n) is 4.57. The third-order valence-corrected chi connectivity index (χ3v) is 3.27. The van der Waals surface area contributed by atoms with Crippen LogP contribution in [0.4, 0.5) is 0 Å². The van der Waals surface area contributed by atoms with Gasteiger partial charge in [0.05, 0.1) is 0 Å². The van der Waals surface area contributed by atoms with Gasteiger partial charge in [-0.05, 0) is 31.7 Å². The van der Waals surface area contributed by atoms with Crippen molar-refractivity contribution in [2.45, 2.75) is 45.1 Å². The van der Waals surface area contributed by atoms with Crippen LogP contribution in [0.15, 0.2) is 12.3 Å². The number of unbranched alkanes of at least 4 members (excludes halogenated alkanes) is 1. The van der Waals surface area contributed by atoms with Crippen molar-refractivity contribution in [1.82, 2.24) is 4.57 Å². The molecular formula is C13H18N2O2. The first-order chi connectivity index (χ1) is 8.18. The molecule has 17 heavy (non-hydrogen) atoms. The number of ketones is 1. The zero-order valence-corrected chi connectivity index (χ0v) is 9.95. The van der Waals surface area contributed by atoms with Crippen molar-refractivity contribution < 1.29 is 9.59 Å². The Hall–Kier alpha value is -1.58. The zero-order valence-electron chi connectivity index (χ0n) is 9.95. The Bertz CT molecular complexity index is 435. The molecule has 0 aliphatic heterocycles. The minimum absolute atomic E-state index is 0.241. The monoisotopic (exact) mass is 234 g/mol. The van der Waals surface area contributed by atoms with E-state index in [4.69, 9.17) is 5.73 Å². The van der Waals surface area contributed by atoms with Gasteiger partial charge in [-0.1, -0.05) is 0 Å². The Kier molecular flexibility index (Phi) is 3.61. The molecule has 0 atom stereocenters. The van der Waals surface area contributed by atoms with Crippen molar-refractivity contribution in [3.8, 4) is 0 Å². The van der Waals surface area contributed by atoms with Crippen LogP contribution in [0.5, 0.6) is 0 Å². The number of carbonyl (C=O) groups is 2. The summed E-state index contributed by atoms with van der Waals surface area (Å²) in [4.78, 5) is 22.3. The van der Waals surface area contributed by atoms with Gasteiger partial charge in [-0.15, -0.1) is 0 Å². The molecule has 92 valence electrons. The van der Waals surface area contributed by atoms with Crippen LogP contribution in [0.1, 0.15) is 48.2 Å². The summed E-state index contributed by atoms with van der Waals surface area (Å²) in [5.41, 5.74) is 7.15. The molecule has 0 unspecified atom stereocenters. The molecule has 1 heterocycles. The summed E-state index contributed by atoms with van der Waals surface area (Å²) in [6.07, 6.45) is 6.80. The molecule has 4 heteroatoms. The predicted octanol–water partition coefficient (Wildman–Crippen LogP) is 1.66. The standard InChI is InChI=1S/C13H18N2O2/c14-13(17)6-1-2-8-15-9-7-10-11(15)4-3-5-12(10)16/h7,9H,1-6,8H2,(H2,14,17). The van der Waals surface area contributed by atoms with Crippen molar-refractivity contribution in [2.24, 2.45) is 5.73 Å². The highest BCUT2D eigenvalue weighted by Gasteiger charge is 2.19. The van der Waals surface area contributed by atoms with Crippen LogP contribution in [-0.4, -0.2) is 16.3 Å². The van der Waals surface area contributed by atoms with Gasteiger partial charge >= 0.3 is 0 Å². The van der Waals surface area contributed by atoms with Gasteiger partial charge in [-0.3, -0.25) is 9.59 Å². The third-order valence-electron chi connectivity index (χ3n) is 3.27. The second-order valence-corrected chi connectivity index (χ2v) is 4.57. The maximum absolute atomic E-state index is 11.6. The van der Waals surface area contributed by atoms with Crippen LogP contribution >= 0.6 is 0 Å². The quantitative estimate of drug-likeness (QED) is 0.787. The summed E-state index contributed by atoms with van der Waals surface area (Å²) in [6.45, 7) is 0.871. The molecule has 4 nitrogen and oxygen atoms in total. The largest absolute Gasteiger partial charge is 0.370 e. The lowest BCUT2D eigenvalue weighted by Crippen LogP contribution is -2.14. The van der Waals surface area contributed by atoms with E-state index in [0.717, 1.165) is 37.8 Å². The van der Waals surface area contributed by atoms with Crippen molar-refractivity contribution in [3.05, 3.63) is 23.5 Å². The molecule has 1 aromatic heterocycles. The van der Waals surface area contributed by atoms with Gasteiger partial charge in [0.1, 0.15) is 0 Å². The summed E-state index contributed by atoms with van der Waals surface area (Å²) in [5, 5.41) is 0. The van der Waals surface area contributed by atoms with Gasteiger partial charge in [-0.2, -0.15) is 0 Å². The van der Waals surface area contributed by atoms with Gasteiger partial charge in [0, 0.05) is 36.8 Å². The molecule has 1 amide bonds. The number of aryl methyl sites for hydroxylation is 1. The van der Waals surface area contributed by atoms with Gasteiger partial charge in [0.25, 0.3) is 0 Å². The highest BCUT2D eigenvalue weighted by molar-refractivity contribution is 5.98. The Balaban J connectivity index is 1.93. The summed E-state index contributed by atoms with van der Waals surface area (Å²) in [5.74, 6) is 0.0249. The smallest absolute Gasteiger partial charge is 0.217 e. The number of rotatable bonds is 5. The van der Waals surface area contributed by atoms with E-state index in [1.807, 2.05) is 12.3 Å². The van der Waals surface area contributed by atoms with Gasteiger partial charge in [0.15, 0.2) is 5.78 Å². The van der Waals surface area contributed by atoms with Crippen LogP contribution < -0.4 is 5.73 Å². The molecule has 2 rings (SSSR count). The molecule has 2 N–H and O–H groups in total. The van der Waals surface area contributed by atoms with E-state index in [0.29, 0.717) is 12.8 Å². The fraction of sp³-hybridized carbons (Fsp3) is 0.538. The first-order valence-corrected chi connectivity index (χ1v) is 6.18. The molecule has 0 aromatic carbocycles. The molecule has 0 radical (unpaired) electrons. The van der Waals surface area contributed by atoms with Crippen molar-refractivity contribution in [2.75, 3.05) is 0 Å². The summed E-state index contributed by atoms with van der Waals surface area (Å²) in [6, 6.07) is 1.92. The summed E-state index contributed by atoms with van der Waals surface area (Å²) in [7, 11) is 0. The number of nitrogens with zero attached hydrogens (tertiary/aromatic N) is 1. The normalized spacial score (nSPS) is 14.7. The third kappa shape index (κ3) is 2.75. The minimum Gasteiger partial charge on any atom is -0.370 e. The summed E-state index contributed by atoms with van der Waals surface area (Å²) >= 11 is 0. The van der Waals surface area contributed by atoms with Crippen molar-refractivity contribution >= 4 is 11.7 Å². The minimum atomic E-state index is -0.241. The molecule has 0 saturated carbocycles. The Labute approximate surface area is 101 Å². The predicted molar refractivity (Wildman–Crippen MR) is 64.7 cm³/mol. The van der Waals surface area contributed by atoms with Crippen LogP contribution in [0, 0.1) is 0 Å². The lowest BCUT2D eigenvalue weighted by Gasteiger charge is -2.14. The van der Waals surface area contributed by atoms with Crippen molar-refractivity contribution in [1.29, 1.82) is 0 Å². The van der Waals surface area contributed by atoms with E-state index in [1.54, 1.807) is 0 Å². The first kappa shape index (κ1) is 11.9. The number of primary amides is 1. The Morgan fingerprint density at radius 1 is 1.35 bits per heavy atom. The molecule has 0 spiro atoms. The lowest BCUT2D eigenvalue weighted by atomic mass is 9.97. The van der Waals surface area contributed by atoms with Crippen LogP contribution in [0.2, 0.25) is 0 Å². The number of nitrogens with two attached hydrogens (primary N) is 1. The van der Waals surface area contributed by atoms with Crippen LogP contribution in [0.25, 0.3) is 0 Å². The topological polar surface area (TPSA) is 65.1 Å². The second kappa shape index (κ2) is 5.17. The van der Waals surface area contributed by atoms with E-state index in [-0.39, 0.29) is 11.7 Å². The van der Waals surface area contributed by atoms with E-state index in [1.165, 1.54) is 5.69 Å². The zero-order chi connectivity index (χ0) is 12.3. The molecule has 1 aliphatic carbocycles. The van der Waals surface area contributed by atoms with E-state index in [9.17, 15) is 9.59 Å². The summed E-state index contributed by atoms with van der Waals surface area (Å²) < 4.78 is 2.15. The first-order valence-electron chi connectivity index (χ1n) is 6.18. The van der Waals surface area contributed by atoms with Gasteiger partial charge in [0.2, 0.25) is 5.91 Å². The fourth-order valence-electron chi connectivity index (χ4n) is 2.38. The molecule has 0 saturated heterocycles. The number of carbonyl (C=O) groups excluding carboxylic acids is 2. The number of aromatic nitrogens is 1. The average Bonchev–Trinajstić information content (AvgIpc) is 2.69. The van der Waals surface area contributed by atoms with E-state index >= 15 is 0 Å². The molecule has 0 fully saturated rings. The molecule has 1 aliphatic rings. The number of Topliss-reactive ketones (excluding diaryl/α,β-unsaturated/α-hetero) is 1. The van der Waals surface area contributed by atoms with Crippen LogP contribution in [0.3, 0.4) is 0 Å². The molecule has 0 bridgehead atoms. The van der Waals surface area contributed by atoms with Gasteiger partial charge in [-0.25, -0.2) is 0 Å². The number of hydrogen-bond acceptors (Lipinski definition) is 2. The highest BCUT2D eigenvalue weighted by Crippen LogP contribution is 2.22. The highest BCUT2D eigenvalue weighted by atomic mass is 16.1. The van der Waals surface area contributed by atoms with Crippen molar-refractivity contribution in [3.63, 3.8) is 0 Å². The van der Waals surface area contributed by atoms with E-state index < -0.39 is 0 Å². The lowest BCUT2D eigenvalue weighted by molar-refractivity contribution is -0.118. The van der Waals surface area contributed by atoms with E-state index in [2.05, 4.69) is 4.57 Å². The Morgan fingerprint density at radius 3 is 2.94 bits per heavy atom. The SMILES string of the molecule is NC(=O)CCCCn1ccc2c1CCCC2=O. The van der Waals surface area contributed by atoms with Crippen LogP contribution in [-0.2, 0) is 17.8 Å². The van der Waals surface area contributed by atoms with Gasteiger partial charge < -0.3 is 10.3 Å². The number of fused-ring (bicyclic) bond motifs is 1. The Morgan fingerprint density at radius 2 is 2.18 bits per heavy atom. The number of hydrogen-bond donors (Lipinski definition) is 1. The maximum atomic E-state index is 11.6. The fourth-order valence-corrected chi connectivity index (χ4v) is 2.38. The maximum Gasteiger partial charge on any atom is 0.217 e. The number of amides is 1. The molecular weight excluding hydrogens is 216 g/mol. The molecule has 1 aromatic rings.